The van der Waals surface area contributed by atoms with Gasteiger partial charge in [-0.1, -0.05) is 36.7 Å². The van der Waals surface area contributed by atoms with Crippen LogP contribution in [-0.2, 0) is 25.1 Å². The summed E-state index contributed by atoms with van der Waals surface area (Å²) in [5.41, 5.74) is 0.760. The Morgan fingerprint density at radius 3 is 2.43 bits per heavy atom. The molecule has 0 aliphatic heterocycles. The van der Waals surface area contributed by atoms with E-state index in [9.17, 15) is 13.2 Å². The van der Waals surface area contributed by atoms with Crippen LogP contribution in [0.4, 0.5) is 5.69 Å². The molecule has 0 radical (unpaired) electrons. The standard InChI is InChI=1S/C20H21ClN2O4S/c1-4-20(19(24)27-2,14-8-10-15(21)11-9-14)23-13-12-16-17(22-28(3,25)26)6-5-7-18(16)23/h5-13,22H,4H2,1-3H3/t20-/m1/s1. The fourth-order valence-electron chi connectivity index (χ4n) is 3.56. The van der Waals surface area contributed by atoms with Crippen molar-refractivity contribution in [2.75, 3.05) is 18.1 Å². The second-order valence-electron chi connectivity index (χ2n) is 6.51. The maximum absolute atomic E-state index is 13.0. The number of carbonyl (C=O) groups is 1. The number of sulfonamides is 1. The number of aromatic nitrogens is 1. The average Bonchev–Trinajstić information content (AvgIpc) is 3.08. The zero-order valence-corrected chi connectivity index (χ0v) is 17.3. The first-order valence-electron chi connectivity index (χ1n) is 8.65. The molecule has 6 nitrogen and oxygen atoms in total. The molecule has 1 atom stereocenters. The zero-order valence-electron chi connectivity index (χ0n) is 15.8. The van der Waals surface area contributed by atoms with Crippen molar-refractivity contribution in [3.63, 3.8) is 0 Å². The van der Waals surface area contributed by atoms with Crippen molar-refractivity contribution >= 4 is 44.2 Å². The number of halogens is 1. The maximum Gasteiger partial charge on any atom is 0.336 e. The number of benzene rings is 2. The highest BCUT2D eigenvalue weighted by Crippen LogP contribution is 2.37. The monoisotopic (exact) mass is 420 g/mol. The Kier molecular flexibility index (Phi) is 5.41. The minimum Gasteiger partial charge on any atom is -0.467 e. The number of esters is 1. The van der Waals surface area contributed by atoms with E-state index in [0.717, 1.165) is 11.8 Å². The van der Waals surface area contributed by atoms with E-state index in [0.29, 0.717) is 28.0 Å². The molecule has 1 heterocycles. The summed E-state index contributed by atoms with van der Waals surface area (Å²) < 4.78 is 32.9. The van der Waals surface area contributed by atoms with Gasteiger partial charge in [-0.15, -0.1) is 0 Å². The molecule has 0 aliphatic carbocycles. The SMILES string of the molecule is CC[C@](C(=O)OC)(c1ccc(Cl)cc1)n1ccc2c(NS(C)(=O)=O)cccc21. The van der Waals surface area contributed by atoms with Crippen molar-refractivity contribution in [3.8, 4) is 0 Å². The fourth-order valence-corrected chi connectivity index (χ4v) is 4.26. The van der Waals surface area contributed by atoms with Crippen LogP contribution in [0, 0.1) is 0 Å². The lowest BCUT2D eigenvalue weighted by atomic mass is 9.86. The minimum absolute atomic E-state index is 0.420. The number of hydrogen-bond acceptors (Lipinski definition) is 4. The first-order valence-corrected chi connectivity index (χ1v) is 10.9. The van der Waals surface area contributed by atoms with Gasteiger partial charge in [-0.05, 0) is 42.3 Å². The Balaban J connectivity index is 2.30. The average molecular weight is 421 g/mol. The largest absolute Gasteiger partial charge is 0.467 e. The van der Waals surface area contributed by atoms with Crippen LogP contribution in [0.5, 0.6) is 0 Å². The second-order valence-corrected chi connectivity index (χ2v) is 8.70. The van der Waals surface area contributed by atoms with E-state index in [1.165, 1.54) is 7.11 Å². The molecule has 3 rings (SSSR count). The summed E-state index contributed by atoms with van der Waals surface area (Å²) in [5.74, 6) is -0.420. The second kappa shape index (κ2) is 7.48. The van der Waals surface area contributed by atoms with Gasteiger partial charge in [0.1, 0.15) is 0 Å². The molecule has 0 aliphatic rings. The van der Waals surface area contributed by atoms with Gasteiger partial charge in [-0.3, -0.25) is 4.72 Å². The molecule has 0 fully saturated rings. The predicted octanol–water partition coefficient (Wildman–Crippen LogP) is 3.99. The summed E-state index contributed by atoms with van der Waals surface area (Å²) >= 11 is 6.03. The van der Waals surface area contributed by atoms with Crippen molar-refractivity contribution in [2.24, 2.45) is 0 Å². The van der Waals surface area contributed by atoms with Gasteiger partial charge < -0.3 is 9.30 Å². The molecule has 0 amide bonds. The van der Waals surface area contributed by atoms with Crippen LogP contribution in [0.2, 0.25) is 5.02 Å². The van der Waals surface area contributed by atoms with E-state index in [-0.39, 0.29) is 0 Å². The summed E-state index contributed by atoms with van der Waals surface area (Å²) in [6.07, 6.45) is 3.29. The van der Waals surface area contributed by atoms with Gasteiger partial charge in [0.25, 0.3) is 0 Å². The molecule has 1 N–H and O–H groups in total. The zero-order chi connectivity index (χ0) is 20.5. The highest BCUT2D eigenvalue weighted by molar-refractivity contribution is 7.92. The molecule has 0 spiro atoms. The molecular formula is C20H21ClN2O4S. The van der Waals surface area contributed by atoms with Gasteiger partial charge in [0.15, 0.2) is 5.54 Å². The number of anilines is 1. The fraction of sp³-hybridized carbons (Fsp3) is 0.250. The molecule has 2 aromatic carbocycles. The van der Waals surface area contributed by atoms with E-state index < -0.39 is 21.5 Å². The Labute approximate surface area is 169 Å². The summed E-state index contributed by atoms with van der Waals surface area (Å²) in [6.45, 7) is 1.90. The molecule has 148 valence electrons. The molecular weight excluding hydrogens is 400 g/mol. The molecule has 0 saturated heterocycles. The minimum atomic E-state index is -3.44. The summed E-state index contributed by atoms with van der Waals surface area (Å²) in [7, 11) is -2.09. The maximum atomic E-state index is 13.0. The lowest BCUT2D eigenvalue weighted by molar-refractivity contribution is -0.149. The van der Waals surface area contributed by atoms with Crippen LogP contribution >= 0.6 is 11.6 Å². The number of fused-ring (bicyclic) bond motifs is 1. The van der Waals surface area contributed by atoms with E-state index in [1.54, 1.807) is 48.7 Å². The number of hydrogen-bond donors (Lipinski definition) is 1. The quantitative estimate of drug-likeness (QED) is 0.611. The van der Waals surface area contributed by atoms with Crippen LogP contribution < -0.4 is 4.72 Å². The van der Waals surface area contributed by atoms with Gasteiger partial charge in [0, 0.05) is 16.6 Å². The molecule has 0 saturated carbocycles. The summed E-state index contributed by atoms with van der Waals surface area (Å²) in [4.78, 5) is 13.0. The van der Waals surface area contributed by atoms with Crippen molar-refractivity contribution in [3.05, 3.63) is 65.3 Å². The van der Waals surface area contributed by atoms with Crippen molar-refractivity contribution in [1.29, 1.82) is 0 Å². The number of carbonyl (C=O) groups excluding carboxylic acids is 1. The predicted molar refractivity (Wildman–Crippen MR) is 111 cm³/mol. The van der Waals surface area contributed by atoms with Gasteiger partial charge >= 0.3 is 5.97 Å². The first kappa shape index (κ1) is 20.2. The van der Waals surface area contributed by atoms with E-state index in [1.807, 2.05) is 17.6 Å². The summed E-state index contributed by atoms with van der Waals surface area (Å²) in [6, 6.07) is 14.1. The highest BCUT2D eigenvalue weighted by atomic mass is 35.5. The first-order chi connectivity index (χ1) is 13.2. The number of rotatable bonds is 6. The van der Waals surface area contributed by atoms with Crippen molar-refractivity contribution < 1.29 is 17.9 Å². The van der Waals surface area contributed by atoms with Gasteiger partial charge in [0.2, 0.25) is 10.0 Å². The van der Waals surface area contributed by atoms with Gasteiger partial charge in [0.05, 0.1) is 24.6 Å². The van der Waals surface area contributed by atoms with E-state index >= 15 is 0 Å². The third kappa shape index (κ3) is 3.47. The third-order valence-corrected chi connectivity index (χ3v) is 5.64. The number of nitrogens with zero attached hydrogens (tertiary/aromatic N) is 1. The lowest BCUT2D eigenvalue weighted by Crippen LogP contribution is -2.43. The van der Waals surface area contributed by atoms with Crippen LogP contribution in [0.15, 0.2) is 54.7 Å². The molecule has 0 bridgehead atoms. The molecule has 0 unspecified atom stereocenters. The van der Waals surface area contributed by atoms with Crippen LogP contribution in [0.1, 0.15) is 18.9 Å². The summed E-state index contributed by atoms with van der Waals surface area (Å²) in [5, 5.41) is 1.25. The normalized spacial score (nSPS) is 13.9. The van der Waals surface area contributed by atoms with Gasteiger partial charge in [-0.25, -0.2) is 13.2 Å². The molecule has 3 aromatic rings. The molecule has 1 aromatic heterocycles. The van der Waals surface area contributed by atoms with E-state index in [4.69, 9.17) is 16.3 Å². The Morgan fingerprint density at radius 1 is 1.18 bits per heavy atom. The number of ether oxygens (including phenoxy) is 1. The third-order valence-electron chi connectivity index (χ3n) is 4.80. The lowest BCUT2D eigenvalue weighted by Gasteiger charge is -2.33. The Hall–Kier alpha value is -2.51. The number of nitrogens with one attached hydrogen (secondary N) is 1. The van der Waals surface area contributed by atoms with Crippen LogP contribution in [0.25, 0.3) is 10.9 Å². The van der Waals surface area contributed by atoms with Crippen molar-refractivity contribution in [1.82, 2.24) is 4.57 Å². The van der Waals surface area contributed by atoms with Crippen LogP contribution in [0.3, 0.4) is 0 Å². The van der Waals surface area contributed by atoms with Gasteiger partial charge in [-0.2, -0.15) is 0 Å². The highest BCUT2D eigenvalue weighted by Gasteiger charge is 2.42. The van der Waals surface area contributed by atoms with Crippen molar-refractivity contribution in [2.45, 2.75) is 18.9 Å². The Morgan fingerprint density at radius 2 is 1.86 bits per heavy atom. The van der Waals surface area contributed by atoms with E-state index in [2.05, 4.69) is 4.72 Å². The smallest absolute Gasteiger partial charge is 0.336 e. The number of methoxy groups -OCH3 is 1. The molecule has 28 heavy (non-hydrogen) atoms. The Bertz CT molecular complexity index is 1120. The van der Waals surface area contributed by atoms with Crippen LogP contribution in [-0.4, -0.2) is 32.3 Å². The topological polar surface area (TPSA) is 77.4 Å². The molecule has 8 heteroatoms.